The average molecular weight is 263 g/mol. The van der Waals surface area contributed by atoms with E-state index in [-0.39, 0.29) is 16.4 Å². The molecule has 0 aromatic heterocycles. The Bertz CT molecular complexity index is 286. The van der Waals surface area contributed by atoms with Gasteiger partial charge in [0.2, 0.25) is 0 Å². The molecule has 0 aromatic carbocycles. The van der Waals surface area contributed by atoms with E-state index in [4.69, 9.17) is 0 Å². The molecule has 0 saturated heterocycles. The highest BCUT2D eigenvalue weighted by molar-refractivity contribution is 7.92. The highest BCUT2D eigenvalue weighted by atomic mass is 32.2. The summed E-state index contributed by atoms with van der Waals surface area (Å²) < 4.78 is 24.3. The van der Waals surface area contributed by atoms with Crippen LogP contribution >= 0.6 is 0 Å². The van der Waals surface area contributed by atoms with Crippen molar-refractivity contribution in [3.63, 3.8) is 0 Å². The molecule has 0 bridgehead atoms. The Morgan fingerprint density at radius 1 is 1.06 bits per heavy atom. The molecule has 0 aliphatic rings. The molecule has 0 fully saturated rings. The van der Waals surface area contributed by atoms with Crippen LogP contribution < -0.4 is 5.32 Å². The van der Waals surface area contributed by atoms with Gasteiger partial charge in [-0.05, 0) is 32.7 Å². The first-order chi connectivity index (χ1) is 7.84. The fourth-order valence-electron chi connectivity index (χ4n) is 1.67. The van der Waals surface area contributed by atoms with E-state index in [0.717, 1.165) is 13.0 Å². The fraction of sp³-hybridized carbons (Fsp3) is 1.00. The van der Waals surface area contributed by atoms with Crippen LogP contribution in [0.15, 0.2) is 0 Å². The van der Waals surface area contributed by atoms with E-state index >= 15 is 0 Å². The Balaban J connectivity index is 4.08. The smallest absolute Gasteiger partial charge is 0.156 e. The van der Waals surface area contributed by atoms with Gasteiger partial charge in [-0.2, -0.15) is 0 Å². The minimum Gasteiger partial charge on any atom is -0.315 e. The maximum atomic E-state index is 12.2. The molecule has 3 nitrogen and oxygen atoms in total. The lowest BCUT2D eigenvalue weighted by atomic mass is 10.2. The highest BCUT2D eigenvalue weighted by Gasteiger charge is 2.29. The Kier molecular flexibility index (Phi) is 8.05. The molecule has 2 atom stereocenters. The zero-order chi connectivity index (χ0) is 13.5. The standard InChI is InChI=1S/C13H29NO2S/c1-6-7-8-9-14-10-12(4)17(15,16)13(5)11(2)3/h11-14H,6-10H2,1-5H3. The number of hydrogen-bond donors (Lipinski definition) is 1. The van der Waals surface area contributed by atoms with Gasteiger partial charge in [-0.1, -0.05) is 33.6 Å². The van der Waals surface area contributed by atoms with Crippen LogP contribution in [-0.4, -0.2) is 32.0 Å². The summed E-state index contributed by atoms with van der Waals surface area (Å²) in [6.45, 7) is 11.2. The normalized spacial score (nSPS) is 16.1. The molecule has 0 saturated carbocycles. The van der Waals surface area contributed by atoms with Crippen molar-refractivity contribution >= 4 is 9.84 Å². The highest BCUT2D eigenvalue weighted by Crippen LogP contribution is 2.16. The lowest BCUT2D eigenvalue weighted by Gasteiger charge is -2.21. The molecule has 2 unspecified atom stereocenters. The lowest BCUT2D eigenvalue weighted by Crippen LogP contribution is -2.38. The van der Waals surface area contributed by atoms with Crippen molar-refractivity contribution in [1.82, 2.24) is 5.32 Å². The molecule has 0 aromatic rings. The molecule has 0 rings (SSSR count). The van der Waals surface area contributed by atoms with Gasteiger partial charge in [0, 0.05) is 6.54 Å². The van der Waals surface area contributed by atoms with Crippen LogP contribution in [0.25, 0.3) is 0 Å². The molecule has 0 amide bonds. The van der Waals surface area contributed by atoms with E-state index in [9.17, 15) is 8.42 Å². The summed E-state index contributed by atoms with van der Waals surface area (Å²) in [5.74, 6) is 0.183. The van der Waals surface area contributed by atoms with Gasteiger partial charge in [-0.15, -0.1) is 0 Å². The maximum absolute atomic E-state index is 12.2. The van der Waals surface area contributed by atoms with E-state index in [1.165, 1.54) is 12.8 Å². The van der Waals surface area contributed by atoms with Gasteiger partial charge >= 0.3 is 0 Å². The quantitative estimate of drug-likeness (QED) is 0.650. The van der Waals surface area contributed by atoms with Crippen LogP contribution in [0.1, 0.15) is 53.9 Å². The molecule has 4 heteroatoms. The van der Waals surface area contributed by atoms with Crippen LogP contribution in [0.2, 0.25) is 0 Å². The average Bonchev–Trinajstić information content (AvgIpc) is 2.27. The molecule has 0 aliphatic carbocycles. The van der Waals surface area contributed by atoms with E-state index in [1.807, 2.05) is 20.8 Å². The molecular formula is C13H29NO2S. The van der Waals surface area contributed by atoms with Crippen molar-refractivity contribution < 1.29 is 8.42 Å². The minimum absolute atomic E-state index is 0.183. The second-order valence-corrected chi connectivity index (χ2v) is 7.99. The predicted molar refractivity (Wildman–Crippen MR) is 75.1 cm³/mol. The van der Waals surface area contributed by atoms with Gasteiger partial charge in [-0.3, -0.25) is 0 Å². The Hall–Kier alpha value is -0.0900. The van der Waals surface area contributed by atoms with Gasteiger partial charge in [0.25, 0.3) is 0 Å². The number of hydrogen-bond acceptors (Lipinski definition) is 3. The fourth-order valence-corrected chi connectivity index (χ4v) is 3.51. The lowest BCUT2D eigenvalue weighted by molar-refractivity contribution is 0.526. The Labute approximate surface area is 107 Å². The molecule has 0 heterocycles. The van der Waals surface area contributed by atoms with E-state index in [0.29, 0.717) is 6.54 Å². The van der Waals surface area contributed by atoms with Crippen LogP contribution in [0.4, 0.5) is 0 Å². The zero-order valence-electron chi connectivity index (χ0n) is 12.0. The van der Waals surface area contributed by atoms with Crippen LogP contribution in [-0.2, 0) is 9.84 Å². The summed E-state index contributed by atoms with van der Waals surface area (Å²) in [6, 6.07) is 0. The second-order valence-electron chi connectivity index (χ2n) is 5.26. The van der Waals surface area contributed by atoms with Gasteiger partial charge in [0.05, 0.1) is 10.5 Å². The summed E-state index contributed by atoms with van der Waals surface area (Å²) in [5, 5.41) is 2.70. The Morgan fingerprint density at radius 3 is 2.12 bits per heavy atom. The Morgan fingerprint density at radius 2 is 1.65 bits per heavy atom. The first kappa shape index (κ1) is 16.9. The monoisotopic (exact) mass is 263 g/mol. The van der Waals surface area contributed by atoms with Crippen molar-refractivity contribution in [2.75, 3.05) is 13.1 Å². The van der Waals surface area contributed by atoms with Gasteiger partial charge < -0.3 is 5.32 Å². The number of unbranched alkanes of at least 4 members (excludes halogenated alkanes) is 2. The van der Waals surface area contributed by atoms with Crippen LogP contribution in [0, 0.1) is 5.92 Å². The largest absolute Gasteiger partial charge is 0.315 e. The summed E-state index contributed by atoms with van der Waals surface area (Å²) in [6.07, 6.45) is 3.53. The third kappa shape index (κ3) is 5.87. The number of nitrogens with one attached hydrogen (secondary N) is 1. The third-order valence-electron chi connectivity index (χ3n) is 3.41. The third-order valence-corrected chi connectivity index (χ3v) is 6.28. The molecule has 17 heavy (non-hydrogen) atoms. The van der Waals surface area contributed by atoms with Gasteiger partial charge in [-0.25, -0.2) is 8.42 Å². The first-order valence-electron chi connectivity index (χ1n) is 6.77. The molecule has 0 spiro atoms. The van der Waals surface area contributed by atoms with Crippen molar-refractivity contribution in [3.8, 4) is 0 Å². The van der Waals surface area contributed by atoms with Crippen molar-refractivity contribution in [2.45, 2.75) is 64.4 Å². The number of rotatable bonds is 9. The van der Waals surface area contributed by atoms with Gasteiger partial charge in [0.15, 0.2) is 9.84 Å². The maximum Gasteiger partial charge on any atom is 0.156 e. The topological polar surface area (TPSA) is 46.2 Å². The van der Waals surface area contributed by atoms with E-state index in [1.54, 1.807) is 6.92 Å². The first-order valence-corrected chi connectivity index (χ1v) is 8.38. The van der Waals surface area contributed by atoms with Crippen LogP contribution in [0.5, 0.6) is 0 Å². The van der Waals surface area contributed by atoms with Crippen molar-refractivity contribution in [2.24, 2.45) is 5.92 Å². The predicted octanol–water partition coefficient (Wildman–Crippen LogP) is 2.61. The van der Waals surface area contributed by atoms with Gasteiger partial charge in [0.1, 0.15) is 0 Å². The molecule has 0 aliphatic heterocycles. The van der Waals surface area contributed by atoms with Crippen molar-refractivity contribution in [3.05, 3.63) is 0 Å². The van der Waals surface area contributed by atoms with Crippen LogP contribution in [0.3, 0.4) is 0 Å². The molecule has 104 valence electrons. The minimum atomic E-state index is -2.99. The zero-order valence-corrected chi connectivity index (χ0v) is 12.8. The SMILES string of the molecule is CCCCCNCC(C)S(=O)(=O)C(C)C(C)C. The summed E-state index contributed by atoms with van der Waals surface area (Å²) in [4.78, 5) is 0. The van der Waals surface area contributed by atoms with E-state index < -0.39 is 9.84 Å². The molecule has 0 radical (unpaired) electrons. The van der Waals surface area contributed by atoms with Crippen molar-refractivity contribution in [1.29, 1.82) is 0 Å². The number of sulfone groups is 1. The molecular weight excluding hydrogens is 234 g/mol. The summed E-state index contributed by atoms with van der Waals surface area (Å²) in [5.41, 5.74) is 0. The summed E-state index contributed by atoms with van der Waals surface area (Å²) in [7, 11) is -2.99. The summed E-state index contributed by atoms with van der Waals surface area (Å²) >= 11 is 0. The second kappa shape index (κ2) is 8.09. The molecule has 1 N–H and O–H groups in total. The van der Waals surface area contributed by atoms with E-state index in [2.05, 4.69) is 12.2 Å².